The van der Waals surface area contributed by atoms with Crippen LogP contribution >= 0.6 is 0 Å². The highest BCUT2D eigenvalue weighted by molar-refractivity contribution is 5.62. The van der Waals surface area contributed by atoms with Crippen LogP contribution in [0.15, 0.2) is 12.1 Å². The molecule has 102 valence electrons. The SMILES string of the molecule is COc1cc(C)c(C)cc1N(C)C(C)(C)CCO. The van der Waals surface area contributed by atoms with E-state index < -0.39 is 0 Å². The zero-order valence-electron chi connectivity index (χ0n) is 12.4. The lowest BCUT2D eigenvalue weighted by atomic mass is 9.97. The summed E-state index contributed by atoms with van der Waals surface area (Å²) < 4.78 is 5.47. The minimum Gasteiger partial charge on any atom is -0.495 e. The van der Waals surface area contributed by atoms with Crippen molar-refractivity contribution < 1.29 is 9.84 Å². The first-order chi connectivity index (χ1) is 8.33. The molecule has 0 unspecified atom stereocenters. The topological polar surface area (TPSA) is 32.7 Å². The van der Waals surface area contributed by atoms with Crippen molar-refractivity contribution in [1.82, 2.24) is 0 Å². The van der Waals surface area contributed by atoms with Gasteiger partial charge in [0.15, 0.2) is 0 Å². The highest BCUT2D eigenvalue weighted by atomic mass is 16.5. The van der Waals surface area contributed by atoms with Gasteiger partial charge in [0.1, 0.15) is 5.75 Å². The van der Waals surface area contributed by atoms with Gasteiger partial charge in [-0.05, 0) is 57.4 Å². The molecule has 3 heteroatoms. The largest absolute Gasteiger partial charge is 0.495 e. The molecular weight excluding hydrogens is 226 g/mol. The molecule has 1 N–H and O–H groups in total. The Kier molecular flexibility index (Phi) is 4.63. The fourth-order valence-corrected chi connectivity index (χ4v) is 1.97. The second kappa shape index (κ2) is 5.61. The maximum atomic E-state index is 9.16. The number of aliphatic hydroxyl groups excluding tert-OH is 1. The molecular formula is C15H25NO2. The van der Waals surface area contributed by atoms with E-state index >= 15 is 0 Å². The fourth-order valence-electron chi connectivity index (χ4n) is 1.97. The molecule has 0 spiro atoms. The fraction of sp³-hybridized carbons (Fsp3) is 0.600. The summed E-state index contributed by atoms with van der Waals surface area (Å²) in [6, 6.07) is 4.21. The highest BCUT2D eigenvalue weighted by Gasteiger charge is 2.25. The third-order valence-electron chi connectivity index (χ3n) is 3.79. The van der Waals surface area contributed by atoms with Crippen LogP contribution in [0.3, 0.4) is 0 Å². The Morgan fingerprint density at radius 1 is 1.22 bits per heavy atom. The van der Waals surface area contributed by atoms with Gasteiger partial charge in [-0.15, -0.1) is 0 Å². The second-order valence-corrected chi connectivity index (χ2v) is 5.45. The molecule has 0 atom stereocenters. The normalized spacial score (nSPS) is 11.5. The molecule has 1 aromatic carbocycles. The molecule has 0 bridgehead atoms. The first kappa shape index (κ1) is 14.8. The van der Waals surface area contributed by atoms with Gasteiger partial charge in [0.25, 0.3) is 0 Å². The van der Waals surface area contributed by atoms with Crippen molar-refractivity contribution in [3.8, 4) is 5.75 Å². The van der Waals surface area contributed by atoms with E-state index in [0.717, 1.165) is 17.9 Å². The summed E-state index contributed by atoms with van der Waals surface area (Å²) in [6.45, 7) is 8.62. The molecule has 0 heterocycles. The van der Waals surface area contributed by atoms with Gasteiger partial charge in [-0.2, -0.15) is 0 Å². The summed E-state index contributed by atoms with van der Waals surface area (Å²) in [7, 11) is 3.74. The van der Waals surface area contributed by atoms with Crippen LogP contribution in [-0.2, 0) is 0 Å². The zero-order valence-corrected chi connectivity index (χ0v) is 12.4. The van der Waals surface area contributed by atoms with Crippen molar-refractivity contribution in [1.29, 1.82) is 0 Å². The first-order valence-electron chi connectivity index (χ1n) is 6.33. The summed E-state index contributed by atoms with van der Waals surface area (Å²) in [5.41, 5.74) is 3.43. The van der Waals surface area contributed by atoms with Gasteiger partial charge >= 0.3 is 0 Å². The van der Waals surface area contributed by atoms with Gasteiger partial charge in [0.05, 0.1) is 12.8 Å². The lowest BCUT2D eigenvalue weighted by Crippen LogP contribution is -2.42. The summed E-state index contributed by atoms with van der Waals surface area (Å²) in [4.78, 5) is 2.18. The molecule has 0 aromatic heterocycles. The van der Waals surface area contributed by atoms with Gasteiger partial charge in [-0.3, -0.25) is 0 Å². The molecule has 0 aliphatic carbocycles. The van der Waals surface area contributed by atoms with Crippen molar-refractivity contribution in [3.63, 3.8) is 0 Å². The Bertz CT molecular complexity index is 413. The Balaban J connectivity index is 3.19. The van der Waals surface area contributed by atoms with E-state index in [-0.39, 0.29) is 12.1 Å². The number of rotatable bonds is 5. The third-order valence-corrected chi connectivity index (χ3v) is 3.79. The average molecular weight is 251 g/mol. The number of anilines is 1. The van der Waals surface area contributed by atoms with Gasteiger partial charge in [-0.25, -0.2) is 0 Å². The summed E-state index contributed by atoms with van der Waals surface area (Å²) in [5.74, 6) is 0.881. The van der Waals surface area contributed by atoms with Crippen LogP contribution in [0.25, 0.3) is 0 Å². The molecule has 0 saturated carbocycles. The molecule has 1 rings (SSSR count). The molecule has 0 fully saturated rings. The number of hydrogen-bond donors (Lipinski definition) is 1. The monoisotopic (exact) mass is 251 g/mol. The average Bonchev–Trinajstić information content (AvgIpc) is 2.31. The molecule has 0 aliphatic rings. The number of hydrogen-bond acceptors (Lipinski definition) is 3. The minimum absolute atomic E-state index is 0.107. The predicted octanol–water partition coefficient (Wildman–Crippen LogP) is 2.91. The highest BCUT2D eigenvalue weighted by Crippen LogP contribution is 2.35. The van der Waals surface area contributed by atoms with Gasteiger partial charge in [-0.1, -0.05) is 0 Å². The van der Waals surface area contributed by atoms with Crippen LogP contribution in [0.5, 0.6) is 5.75 Å². The second-order valence-electron chi connectivity index (χ2n) is 5.45. The van der Waals surface area contributed by atoms with E-state index in [1.54, 1.807) is 7.11 Å². The number of benzene rings is 1. The minimum atomic E-state index is -0.107. The van der Waals surface area contributed by atoms with Crippen molar-refractivity contribution in [2.75, 3.05) is 25.7 Å². The smallest absolute Gasteiger partial charge is 0.142 e. The van der Waals surface area contributed by atoms with E-state index in [4.69, 9.17) is 9.84 Å². The Hall–Kier alpha value is -1.22. The number of methoxy groups -OCH3 is 1. The van der Waals surface area contributed by atoms with E-state index in [2.05, 4.69) is 44.7 Å². The Morgan fingerprint density at radius 2 is 1.78 bits per heavy atom. The first-order valence-corrected chi connectivity index (χ1v) is 6.33. The van der Waals surface area contributed by atoms with Crippen molar-refractivity contribution in [2.24, 2.45) is 0 Å². The van der Waals surface area contributed by atoms with Gasteiger partial charge < -0.3 is 14.7 Å². The third kappa shape index (κ3) is 2.96. The molecule has 0 amide bonds. The lowest BCUT2D eigenvalue weighted by Gasteiger charge is -2.38. The molecule has 0 saturated heterocycles. The van der Waals surface area contributed by atoms with E-state index in [9.17, 15) is 0 Å². The summed E-state index contributed by atoms with van der Waals surface area (Å²) >= 11 is 0. The van der Waals surface area contributed by atoms with Crippen molar-refractivity contribution in [3.05, 3.63) is 23.3 Å². The van der Waals surface area contributed by atoms with Gasteiger partial charge in [0, 0.05) is 19.2 Å². The summed E-state index contributed by atoms with van der Waals surface area (Å²) in [6.07, 6.45) is 0.722. The number of aryl methyl sites for hydroxylation is 2. The van der Waals surface area contributed by atoms with Crippen LogP contribution in [-0.4, -0.2) is 31.4 Å². The zero-order chi connectivity index (χ0) is 13.9. The number of ether oxygens (including phenoxy) is 1. The molecule has 1 aromatic rings. The Morgan fingerprint density at radius 3 is 2.28 bits per heavy atom. The van der Waals surface area contributed by atoms with E-state index in [1.807, 2.05) is 7.05 Å². The summed E-state index contributed by atoms with van der Waals surface area (Å²) in [5, 5.41) is 9.16. The number of nitrogens with zero attached hydrogens (tertiary/aromatic N) is 1. The molecule has 3 nitrogen and oxygen atoms in total. The molecule has 18 heavy (non-hydrogen) atoms. The number of aliphatic hydroxyl groups is 1. The van der Waals surface area contributed by atoms with Crippen LogP contribution in [0.4, 0.5) is 5.69 Å². The maximum absolute atomic E-state index is 9.16. The van der Waals surface area contributed by atoms with Crippen molar-refractivity contribution >= 4 is 5.69 Å². The standard InChI is InChI=1S/C15H25NO2/c1-11-9-13(14(18-6)10-12(11)2)16(5)15(3,4)7-8-17/h9-10,17H,7-8H2,1-6H3. The van der Waals surface area contributed by atoms with E-state index in [0.29, 0.717) is 0 Å². The maximum Gasteiger partial charge on any atom is 0.142 e. The van der Waals surface area contributed by atoms with Crippen LogP contribution < -0.4 is 9.64 Å². The molecule has 0 radical (unpaired) electrons. The predicted molar refractivity (Wildman–Crippen MR) is 76.7 cm³/mol. The van der Waals surface area contributed by atoms with Gasteiger partial charge in [0.2, 0.25) is 0 Å². The van der Waals surface area contributed by atoms with Crippen LogP contribution in [0.1, 0.15) is 31.4 Å². The Labute approximate surface area is 110 Å². The van der Waals surface area contributed by atoms with Crippen molar-refractivity contribution in [2.45, 2.75) is 39.7 Å². The lowest BCUT2D eigenvalue weighted by molar-refractivity contribution is 0.250. The van der Waals surface area contributed by atoms with Crippen LogP contribution in [0, 0.1) is 13.8 Å². The quantitative estimate of drug-likeness (QED) is 0.873. The van der Waals surface area contributed by atoms with E-state index in [1.165, 1.54) is 11.1 Å². The molecule has 0 aliphatic heterocycles. The van der Waals surface area contributed by atoms with Crippen LogP contribution in [0.2, 0.25) is 0 Å².